The second kappa shape index (κ2) is 3.56. The van der Waals surface area contributed by atoms with E-state index in [0.717, 1.165) is 0 Å². The summed E-state index contributed by atoms with van der Waals surface area (Å²) in [7, 11) is 0. The number of carboxylic acids is 1. The molecule has 0 unspecified atom stereocenters. The number of nitrogens with zero attached hydrogens (tertiary/aromatic N) is 2. The van der Waals surface area contributed by atoms with Crippen molar-refractivity contribution in [2.24, 2.45) is 0 Å². The van der Waals surface area contributed by atoms with Gasteiger partial charge in [-0.05, 0) is 13.8 Å². The lowest BCUT2D eigenvalue weighted by molar-refractivity contribution is -0.147. The summed E-state index contributed by atoms with van der Waals surface area (Å²) in [5.41, 5.74) is -0.461. The first-order chi connectivity index (χ1) is 6.75. The fourth-order valence-electron chi connectivity index (χ4n) is 1.25. The van der Waals surface area contributed by atoms with Gasteiger partial charge in [0.2, 0.25) is 5.82 Å². The molecule has 0 saturated carbocycles. The van der Waals surface area contributed by atoms with Gasteiger partial charge in [-0.1, -0.05) is 0 Å². The molecule has 4 nitrogen and oxygen atoms in total. The molecule has 0 aliphatic carbocycles. The number of alkyl halides is 3. The maximum Gasteiger partial charge on any atom is 0.449 e. The molecule has 0 fully saturated rings. The van der Waals surface area contributed by atoms with Crippen molar-refractivity contribution in [1.29, 1.82) is 0 Å². The van der Waals surface area contributed by atoms with Gasteiger partial charge in [-0.3, -0.25) is 0 Å². The van der Waals surface area contributed by atoms with E-state index in [1.54, 1.807) is 0 Å². The zero-order chi connectivity index (χ0) is 11.8. The van der Waals surface area contributed by atoms with Crippen molar-refractivity contribution < 1.29 is 23.1 Å². The standard InChI is InChI=1S/C8H9F3N2O2/c1-4(2)13-5(6(14)15)3-12-7(13)8(9,10)11/h3-4H,1-2H3,(H,14,15). The van der Waals surface area contributed by atoms with Crippen molar-refractivity contribution in [2.75, 3.05) is 0 Å². The van der Waals surface area contributed by atoms with Crippen LogP contribution in [0.2, 0.25) is 0 Å². The molecule has 0 bridgehead atoms. The molecule has 0 aliphatic rings. The first-order valence-electron chi connectivity index (χ1n) is 4.13. The average Bonchev–Trinajstić information content (AvgIpc) is 2.45. The molecule has 7 heteroatoms. The van der Waals surface area contributed by atoms with E-state index < -0.39 is 29.7 Å². The van der Waals surface area contributed by atoms with E-state index >= 15 is 0 Å². The lowest BCUT2D eigenvalue weighted by atomic mass is 10.3. The van der Waals surface area contributed by atoms with E-state index in [4.69, 9.17) is 5.11 Å². The Labute approximate surface area is 83.3 Å². The predicted octanol–water partition coefficient (Wildman–Crippen LogP) is 2.18. The van der Waals surface area contributed by atoms with Gasteiger partial charge < -0.3 is 9.67 Å². The number of carboxylic acid groups (broad SMARTS) is 1. The number of rotatable bonds is 2. The number of aromatic nitrogens is 2. The largest absolute Gasteiger partial charge is 0.477 e. The fraction of sp³-hybridized carbons (Fsp3) is 0.500. The van der Waals surface area contributed by atoms with Gasteiger partial charge in [-0.15, -0.1) is 0 Å². The molecule has 1 aromatic rings. The third-order valence-corrected chi connectivity index (χ3v) is 1.79. The molecule has 1 heterocycles. The van der Waals surface area contributed by atoms with Crippen LogP contribution in [0, 0.1) is 0 Å². The Hall–Kier alpha value is -1.53. The summed E-state index contributed by atoms with van der Waals surface area (Å²) in [6.45, 7) is 2.92. The molecule has 0 spiro atoms. The molecule has 0 aromatic carbocycles. The second-order valence-electron chi connectivity index (χ2n) is 3.23. The van der Waals surface area contributed by atoms with Gasteiger partial charge in [0, 0.05) is 6.04 Å². The Morgan fingerprint density at radius 3 is 2.40 bits per heavy atom. The minimum Gasteiger partial charge on any atom is -0.477 e. The third kappa shape index (κ3) is 2.11. The lowest BCUT2D eigenvalue weighted by Gasteiger charge is -2.15. The highest BCUT2D eigenvalue weighted by Crippen LogP contribution is 2.30. The van der Waals surface area contributed by atoms with Crippen LogP contribution in [0.1, 0.15) is 36.2 Å². The van der Waals surface area contributed by atoms with Crippen LogP contribution in [0.4, 0.5) is 13.2 Å². The maximum absolute atomic E-state index is 12.4. The first kappa shape index (κ1) is 11.5. The van der Waals surface area contributed by atoms with Crippen molar-refractivity contribution in [2.45, 2.75) is 26.1 Å². The van der Waals surface area contributed by atoms with Crippen LogP contribution in [-0.2, 0) is 6.18 Å². The van der Waals surface area contributed by atoms with Crippen molar-refractivity contribution >= 4 is 5.97 Å². The van der Waals surface area contributed by atoms with E-state index in [2.05, 4.69) is 4.98 Å². The van der Waals surface area contributed by atoms with Crippen LogP contribution in [0.25, 0.3) is 0 Å². The van der Waals surface area contributed by atoms with E-state index in [-0.39, 0.29) is 0 Å². The van der Waals surface area contributed by atoms with Gasteiger partial charge in [0.1, 0.15) is 5.69 Å². The van der Waals surface area contributed by atoms with Crippen LogP contribution in [0.15, 0.2) is 6.20 Å². The van der Waals surface area contributed by atoms with Crippen LogP contribution >= 0.6 is 0 Å². The molecule has 0 atom stereocenters. The van der Waals surface area contributed by atoms with Crippen LogP contribution in [-0.4, -0.2) is 20.6 Å². The summed E-state index contributed by atoms with van der Waals surface area (Å²) in [6, 6.07) is -0.616. The summed E-state index contributed by atoms with van der Waals surface area (Å²) in [4.78, 5) is 13.7. The van der Waals surface area contributed by atoms with Crippen molar-refractivity contribution in [1.82, 2.24) is 9.55 Å². The topological polar surface area (TPSA) is 55.1 Å². The average molecular weight is 222 g/mol. The summed E-state index contributed by atoms with van der Waals surface area (Å²) in [5, 5.41) is 8.67. The van der Waals surface area contributed by atoms with Gasteiger partial charge in [-0.2, -0.15) is 13.2 Å². The minimum absolute atomic E-state index is 0.461. The highest BCUT2D eigenvalue weighted by molar-refractivity contribution is 5.85. The minimum atomic E-state index is -4.64. The van der Waals surface area contributed by atoms with Crippen molar-refractivity contribution in [3.63, 3.8) is 0 Å². The molecule has 0 saturated heterocycles. The highest BCUT2D eigenvalue weighted by Gasteiger charge is 2.38. The highest BCUT2D eigenvalue weighted by atomic mass is 19.4. The first-order valence-corrected chi connectivity index (χ1v) is 4.13. The van der Waals surface area contributed by atoms with Crippen LogP contribution in [0.3, 0.4) is 0 Å². The smallest absolute Gasteiger partial charge is 0.449 e. The number of hydrogen-bond donors (Lipinski definition) is 1. The monoisotopic (exact) mass is 222 g/mol. The van der Waals surface area contributed by atoms with E-state index in [1.165, 1.54) is 13.8 Å². The van der Waals surface area contributed by atoms with Crippen molar-refractivity contribution in [3.8, 4) is 0 Å². The fourth-order valence-corrected chi connectivity index (χ4v) is 1.25. The number of hydrogen-bond acceptors (Lipinski definition) is 2. The van der Waals surface area contributed by atoms with E-state index in [9.17, 15) is 18.0 Å². The van der Waals surface area contributed by atoms with Crippen LogP contribution < -0.4 is 0 Å². The SMILES string of the molecule is CC(C)n1c(C(=O)O)cnc1C(F)(F)F. The summed E-state index contributed by atoms with van der Waals surface area (Å²) >= 11 is 0. The molecule has 0 aliphatic heterocycles. The zero-order valence-electron chi connectivity index (χ0n) is 8.04. The Morgan fingerprint density at radius 2 is 2.07 bits per heavy atom. The molecule has 15 heavy (non-hydrogen) atoms. The summed E-state index contributed by atoms with van der Waals surface area (Å²) in [5.74, 6) is -2.61. The number of halogens is 3. The molecule has 1 aromatic heterocycles. The number of aromatic carboxylic acids is 1. The normalized spacial score (nSPS) is 12.1. The molecule has 0 amide bonds. The molecule has 1 N–H and O–H groups in total. The van der Waals surface area contributed by atoms with Gasteiger partial charge in [0.15, 0.2) is 0 Å². The van der Waals surface area contributed by atoms with Gasteiger partial charge in [0.25, 0.3) is 0 Å². The number of carbonyl (C=O) groups is 1. The quantitative estimate of drug-likeness (QED) is 0.834. The van der Waals surface area contributed by atoms with Gasteiger partial charge in [-0.25, -0.2) is 9.78 Å². The molecule has 84 valence electrons. The predicted molar refractivity (Wildman–Crippen MR) is 44.6 cm³/mol. The Morgan fingerprint density at radius 1 is 1.53 bits per heavy atom. The molecular formula is C8H9F3N2O2. The molecule has 1 rings (SSSR count). The maximum atomic E-state index is 12.4. The number of imidazole rings is 1. The summed E-state index contributed by atoms with van der Waals surface area (Å²) < 4.78 is 37.9. The summed E-state index contributed by atoms with van der Waals surface area (Å²) in [6.07, 6.45) is -3.93. The second-order valence-corrected chi connectivity index (χ2v) is 3.23. The van der Waals surface area contributed by atoms with Crippen LogP contribution in [0.5, 0.6) is 0 Å². The van der Waals surface area contributed by atoms with Gasteiger partial charge in [0.05, 0.1) is 6.20 Å². The third-order valence-electron chi connectivity index (χ3n) is 1.79. The zero-order valence-corrected chi connectivity index (χ0v) is 8.04. The Bertz CT molecular complexity index is 382. The van der Waals surface area contributed by atoms with E-state index in [1.807, 2.05) is 0 Å². The van der Waals surface area contributed by atoms with Crippen molar-refractivity contribution in [3.05, 3.63) is 17.7 Å². The Balaban J connectivity index is 3.37. The molecular weight excluding hydrogens is 213 g/mol. The van der Waals surface area contributed by atoms with E-state index in [0.29, 0.717) is 10.8 Å². The lowest BCUT2D eigenvalue weighted by Crippen LogP contribution is -2.19. The Kier molecular flexibility index (Phi) is 2.74. The van der Waals surface area contributed by atoms with Gasteiger partial charge >= 0.3 is 12.1 Å². The molecule has 0 radical (unpaired) electrons.